The summed E-state index contributed by atoms with van der Waals surface area (Å²) in [7, 11) is -2.39. The first-order valence-corrected chi connectivity index (χ1v) is 8.09. The van der Waals surface area contributed by atoms with E-state index in [2.05, 4.69) is 0 Å². The van der Waals surface area contributed by atoms with E-state index < -0.39 is 16.0 Å². The van der Waals surface area contributed by atoms with E-state index in [-0.39, 0.29) is 29.6 Å². The number of ketones is 1. The molecule has 0 aliphatic heterocycles. The maximum Gasteiger partial charge on any atom is 0.304 e. The van der Waals surface area contributed by atoms with Crippen molar-refractivity contribution < 1.29 is 23.1 Å². The topological polar surface area (TPSA) is 91.8 Å². The third-order valence-electron chi connectivity index (χ3n) is 3.44. The van der Waals surface area contributed by atoms with Crippen molar-refractivity contribution >= 4 is 21.8 Å². The van der Waals surface area contributed by atoms with Crippen LogP contribution in [0.3, 0.4) is 0 Å². The standard InChI is InChI=1S/C14H17NO5S/c1-15(9-8-13(16)17)21(19,20)12-6-4-11(5-7-12)14(18)10-2-3-10/h4-7,10H,2-3,8-9H2,1H3,(H,16,17). The first-order chi connectivity index (χ1) is 9.82. The second kappa shape index (κ2) is 5.95. The van der Waals surface area contributed by atoms with Crippen molar-refractivity contribution in [1.29, 1.82) is 0 Å². The van der Waals surface area contributed by atoms with Crippen molar-refractivity contribution in [3.63, 3.8) is 0 Å². The largest absolute Gasteiger partial charge is 0.481 e. The van der Waals surface area contributed by atoms with E-state index in [0.29, 0.717) is 5.56 Å². The second-order valence-corrected chi connectivity index (χ2v) is 7.18. The molecule has 0 radical (unpaired) electrons. The zero-order valence-corrected chi connectivity index (χ0v) is 12.5. The molecule has 21 heavy (non-hydrogen) atoms. The summed E-state index contributed by atoms with van der Waals surface area (Å²) in [5.41, 5.74) is 0.518. The molecule has 0 amide bonds. The number of carbonyl (C=O) groups excluding carboxylic acids is 1. The van der Waals surface area contributed by atoms with Crippen molar-refractivity contribution in [3.8, 4) is 0 Å². The minimum Gasteiger partial charge on any atom is -0.481 e. The number of nitrogens with zero attached hydrogens (tertiary/aromatic N) is 1. The van der Waals surface area contributed by atoms with Crippen LogP contribution >= 0.6 is 0 Å². The third-order valence-corrected chi connectivity index (χ3v) is 5.31. The molecule has 114 valence electrons. The van der Waals surface area contributed by atoms with Gasteiger partial charge >= 0.3 is 5.97 Å². The number of Topliss-reactive ketones (excluding diaryl/α,β-unsaturated/α-hetero) is 1. The van der Waals surface area contributed by atoms with Crippen molar-refractivity contribution in [2.75, 3.05) is 13.6 Å². The van der Waals surface area contributed by atoms with E-state index in [9.17, 15) is 18.0 Å². The lowest BCUT2D eigenvalue weighted by atomic mass is 10.1. The molecule has 1 N–H and O–H groups in total. The molecule has 0 heterocycles. The molecule has 0 atom stereocenters. The molecule has 1 fully saturated rings. The van der Waals surface area contributed by atoms with Gasteiger partial charge in [0.05, 0.1) is 11.3 Å². The van der Waals surface area contributed by atoms with Crippen LogP contribution in [0.5, 0.6) is 0 Å². The lowest BCUT2D eigenvalue weighted by molar-refractivity contribution is -0.137. The van der Waals surface area contributed by atoms with Crippen molar-refractivity contribution in [2.24, 2.45) is 5.92 Å². The molecule has 0 spiro atoms. The normalized spacial score (nSPS) is 15.1. The molecule has 2 rings (SSSR count). The first-order valence-electron chi connectivity index (χ1n) is 6.65. The van der Waals surface area contributed by atoms with Crippen LogP contribution in [0.25, 0.3) is 0 Å². The van der Waals surface area contributed by atoms with E-state index in [0.717, 1.165) is 17.1 Å². The van der Waals surface area contributed by atoms with Gasteiger partial charge in [-0.05, 0) is 25.0 Å². The Kier molecular flexibility index (Phi) is 4.43. The maximum absolute atomic E-state index is 12.2. The number of benzene rings is 1. The zero-order chi connectivity index (χ0) is 15.6. The van der Waals surface area contributed by atoms with Crippen molar-refractivity contribution in [2.45, 2.75) is 24.2 Å². The fraction of sp³-hybridized carbons (Fsp3) is 0.429. The minimum atomic E-state index is -3.72. The van der Waals surface area contributed by atoms with Gasteiger partial charge in [-0.15, -0.1) is 0 Å². The van der Waals surface area contributed by atoms with Gasteiger partial charge in [-0.25, -0.2) is 12.7 Å². The van der Waals surface area contributed by atoms with Gasteiger partial charge < -0.3 is 5.11 Å². The number of hydrogen-bond donors (Lipinski definition) is 1. The van der Waals surface area contributed by atoms with E-state index in [1.54, 1.807) is 0 Å². The minimum absolute atomic E-state index is 0.0539. The number of aliphatic carboxylic acids is 1. The summed E-state index contributed by atoms with van der Waals surface area (Å²) in [4.78, 5) is 22.4. The number of carboxylic acids is 1. The van der Waals surface area contributed by atoms with Crippen LogP contribution in [0.1, 0.15) is 29.6 Å². The molecule has 0 unspecified atom stereocenters. The van der Waals surface area contributed by atoms with Crippen LogP contribution in [-0.4, -0.2) is 43.2 Å². The Labute approximate surface area is 123 Å². The highest BCUT2D eigenvalue weighted by atomic mass is 32.2. The Morgan fingerprint density at radius 2 is 1.81 bits per heavy atom. The molecule has 7 heteroatoms. The van der Waals surface area contributed by atoms with Crippen LogP contribution in [0.4, 0.5) is 0 Å². The van der Waals surface area contributed by atoms with Crippen LogP contribution < -0.4 is 0 Å². The molecule has 6 nitrogen and oxygen atoms in total. The van der Waals surface area contributed by atoms with Crippen molar-refractivity contribution in [3.05, 3.63) is 29.8 Å². The molecule has 1 aliphatic carbocycles. The van der Waals surface area contributed by atoms with Gasteiger partial charge in [-0.1, -0.05) is 12.1 Å². The van der Waals surface area contributed by atoms with Gasteiger partial charge in [0.15, 0.2) is 5.78 Å². The molecule has 1 saturated carbocycles. The Morgan fingerprint density at radius 1 is 1.24 bits per heavy atom. The van der Waals surface area contributed by atoms with Crippen LogP contribution in [0, 0.1) is 5.92 Å². The average molecular weight is 311 g/mol. The smallest absolute Gasteiger partial charge is 0.304 e. The molecular weight excluding hydrogens is 294 g/mol. The number of hydrogen-bond acceptors (Lipinski definition) is 4. The van der Waals surface area contributed by atoms with Gasteiger partial charge in [0.2, 0.25) is 10.0 Å². The van der Waals surface area contributed by atoms with Crippen LogP contribution in [0.15, 0.2) is 29.2 Å². The quantitative estimate of drug-likeness (QED) is 0.768. The molecule has 1 aromatic rings. The van der Waals surface area contributed by atoms with Crippen molar-refractivity contribution in [1.82, 2.24) is 4.31 Å². The zero-order valence-electron chi connectivity index (χ0n) is 11.7. The fourth-order valence-corrected chi connectivity index (χ4v) is 3.10. The highest BCUT2D eigenvalue weighted by Gasteiger charge is 2.30. The maximum atomic E-state index is 12.2. The van der Waals surface area contributed by atoms with Gasteiger partial charge in [-0.2, -0.15) is 0 Å². The summed E-state index contributed by atoms with van der Waals surface area (Å²) in [6, 6.07) is 5.81. The monoisotopic (exact) mass is 311 g/mol. The van der Waals surface area contributed by atoms with E-state index >= 15 is 0 Å². The van der Waals surface area contributed by atoms with E-state index in [1.165, 1.54) is 31.3 Å². The summed E-state index contributed by atoms with van der Waals surface area (Å²) in [6.45, 7) is -0.0968. The molecule has 0 saturated heterocycles. The van der Waals surface area contributed by atoms with Gasteiger partial charge in [0, 0.05) is 25.1 Å². The van der Waals surface area contributed by atoms with E-state index in [1.807, 2.05) is 0 Å². The predicted molar refractivity (Wildman–Crippen MR) is 75.6 cm³/mol. The van der Waals surface area contributed by atoms with Gasteiger partial charge in [-0.3, -0.25) is 9.59 Å². The highest BCUT2D eigenvalue weighted by Crippen LogP contribution is 2.32. The lowest BCUT2D eigenvalue weighted by Crippen LogP contribution is -2.29. The predicted octanol–water partition coefficient (Wildman–Crippen LogP) is 1.37. The summed E-state index contributed by atoms with van der Waals surface area (Å²) in [5.74, 6) is -0.911. The Balaban J connectivity index is 2.12. The highest BCUT2D eigenvalue weighted by molar-refractivity contribution is 7.89. The number of rotatable bonds is 7. The Bertz CT molecular complexity index is 646. The lowest BCUT2D eigenvalue weighted by Gasteiger charge is -2.16. The van der Waals surface area contributed by atoms with E-state index in [4.69, 9.17) is 5.11 Å². The van der Waals surface area contributed by atoms with Crippen LogP contribution in [-0.2, 0) is 14.8 Å². The number of carboxylic acid groups (broad SMARTS) is 1. The Hall–Kier alpha value is -1.73. The number of carbonyl (C=O) groups is 2. The summed E-state index contributed by atoms with van der Waals surface area (Å²) in [6.07, 6.45) is 1.54. The Morgan fingerprint density at radius 3 is 2.29 bits per heavy atom. The molecule has 1 aliphatic rings. The van der Waals surface area contributed by atoms with Gasteiger partial charge in [0.1, 0.15) is 0 Å². The van der Waals surface area contributed by atoms with Gasteiger partial charge in [0.25, 0.3) is 0 Å². The number of sulfonamides is 1. The molecule has 0 aromatic heterocycles. The summed E-state index contributed by atoms with van der Waals surface area (Å²) < 4.78 is 25.4. The molecule has 1 aromatic carbocycles. The van der Waals surface area contributed by atoms with Crippen LogP contribution in [0.2, 0.25) is 0 Å². The summed E-state index contributed by atoms with van der Waals surface area (Å²) in [5, 5.41) is 8.60. The molecular formula is C14H17NO5S. The first kappa shape index (κ1) is 15.7. The third kappa shape index (κ3) is 3.68. The SMILES string of the molecule is CN(CCC(=O)O)S(=O)(=O)c1ccc(C(=O)C2CC2)cc1. The second-order valence-electron chi connectivity index (χ2n) is 5.13. The summed E-state index contributed by atoms with van der Waals surface area (Å²) >= 11 is 0. The average Bonchev–Trinajstić information content (AvgIpc) is 3.28. The fourth-order valence-electron chi connectivity index (χ4n) is 1.93. The molecule has 0 bridgehead atoms.